The Morgan fingerprint density at radius 1 is 1.29 bits per heavy atom. The smallest absolute Gasteiger partial charge is 0.305 e. The first-order chi connectivity index (χ1) is 15.0. The number of methoxy groups -OCH3 is 1. The standard InChI is InChI=1S/C24H26BrN3O3/c1-31-23(30)12-10-20-19(9-11-22(29)15-5-6-15)27-18-8-7-16(25)14-17(18)24(28-20)21-4-2-3-13-26-21/h2-4,7-8,13-15,20,22,29H,5-6,9-12H2,1H3/t20-,22?/m0/s1. The maximum atomic E-state index is 11.9. The van der Waals surface area contributed by atoms with Crippen LogP contribution >= 0.6 is 15.9 Å². The number of hydrogen-bond acceptors (Lipinski definition) is 6. The van der Waals surface area contributed by atoms with Crippen LogP contribution in [0.5, 0.6) is 0 Å². The van der Waals surface area contributed by atoms with Gasteiger partial charge >= 0.3 is 5.97 Å². The van der Waals surface area contributed by atoms with Gasteiger partial charge in [-0.05, 0) is 68.4 Å². The predicted molar refractivity (Wildman–Crippen MR) is 124 cm³/mol. The number of carbonyl (C=O) groups excluding carboxylic acids is 1. The maximum Gasteiger partial charge on any atom is 0.305 e. The molecule has 2 heterocycles. The number of aliphatic hydroxyl groups excluding tert-OH is 1. The molecule has 0 saturated heterocycles. The van der Waals surface area contributed by atoms with Gasteiger partial charge in [0.05, 0.1) is 36.3 Å². The minimum absolute atomic E-state index is 0.254. The van der Waals surface area contributed by atoms with Crippen molar-refractivity contribution in [1.82, 2.24) is 4.98 Å². The largest absolute Gasteiger partial charge is 0.469 e. The van der Waals surface area contributed by atoms with Gasteiger partial charge in [-0.3, -0.25) is 19.8 Å². The van der Waals surface area contributed by atoms with E-state index in [1.165, 1.54) is 7.11 Å². The fourth-order valence-corrected chi connectivity index (χ4v) is 4.22. The first-order valence-electron chi connectivity index (χ1n) is 10.7. The zero-order chi connectivity index (χ0) is 21.8. The lowest BCUT2D eigenvalue weighted by Crippen LogP contribution is -2.23. The lowest BCUT2D eigenvalue weighted by atomic mass is 9.99. The molecule has 162 valence electrons. The molecule has 1 N–H and O–H groups in total. The summed E-state index contributed by atoms with van der Waals surface area (Å²) in [6.45, 7) is 0. The van der Waals surface area contributed by atoms with E-state index >= 15 is 0 Å². The molecule has 1 aromatic carbocycles. The Bertz CT molecular complexity index is 1000. The molecular formula is C24H26BrN3O3. The normalized spacial score (nSPS) is 19.0. The van der Waals surface area contributed by atoms with Gasteiger partial charge in [-0.25, -0.2) is 0 Å². The van der Waals surface area contributed by atoms with Gasteiger partial charge in [0.25, 0.3) is 0 Å². The van der Waals surface area contributed by atoms with Gasteiger partial charge in [-0.15, -0.1) is 0 Å². The van der Waals surface area contributed by atoms with E-state index < -0.39 is 0 Å². The summed E-state index contributed by atoms with van der Waals surface area (Å²) >= 11 is 3.56. The Balaban J connectivity index is 1.73. The second-order valence-corrected chi connectivity index (χ2v) is 8.95. The third-order valence-electron chi connectivity index (χ3n) is 5.77. The van der Waals surface area contributed by atoms with Crippen molar-refractivity contribution in [2.75, 3.05) is 7.11 Å². The maximum absolute atomic E-state index is 11.9. The van der Waals surface area contributed by atoms with Crippen molar-refractivity contribution >= 4 is 39.0 Å². The highest BCUT2D eigenvalue weighted by Crippen LogP contribution is 2.35. The molecule has 2 atom stereocenters. The van der Waals surface area contributed by atoms with E-state index in [9.17, 15) is 9.90 Å². The van der Waals surface area contributed by atoms with Gasteiger partial charge in [0, 0.05) is 28.4 Å². The number of pyridine rings is 1. The zero-order valence-electron chi connectivity index (χ0n) is 17.5. The molecule has 0 amide bonds. The lowest BCUT2D eigenvalue weighted by Gasteiger charge is -2.17. The average Bonchev–Trinajstić information content (AvgIpc) is 3.64. The number of fused-ring (bicyclic) bond motifs is 1. The van der Waals surface area contributed by atoms with Crippen LogP contribution in [0.25, 0.3) is 0 Å². The van der Waals surface area contributed by atoms with Crippen LogP contribution in [-0.4, -0.2) is 46.7 Å². The predicted octanol–water partition coefficient (Wildman–Crippen LogP) is 4.64. The van der Waals surface area contributed by atoms with Gasteiger partial charge < -0.3 is 9.84 Å². The number of nitrogens with zero attached hydrogens (tertiary/aromatic N) is 3. The molecule has 1 aromatic heterocycles. The van der Waals surface area contributed by atoms with E-state index in [0.29, 0.717) is 25.2 Å². The summed E-state index contributed by atoms with van der Waals surface area (Å²) in [6, 6.07) is 11.4. The molecule has 0 spiro atoms. The molecule has 31 heavy (non-hydrogen) atoms. The molecule has 1 aliphatic heterocycles. The first kappa shape index (κ1) is 21.8. The van der Waals surface area contributed by atoms with E-state index in [1.807, 2.05) is 36.4 Å². The molecular weight excluding hydrogens is 458 g/mol. The topological polar surface area (TPSA) is 84.1 Å². The van der Waals surface area contributed by atoms with E-state index in [1.54, 1.807) is 6.20 Å². The van der Waals surface area contributed by atoms with Crippen LogP contribution in [0.3, 0.4) is 0 Å². The molecule has 0 radical (unpaired) electrons. The number of ether oxygens (including phenoxy) is 1. The Labute approximate surface area is 190 Å². The molecule has 1 saturated carbocycles. The van der Waals surface area contributed by atoms with Gasteiger partial charge in [-0.1, -0.05) is 22.0 Å². The summed E-state index contributed by atoms with van der Waals surface area (Å²) in [5.41, 5.74) is 4.13. The van der Waals surface area contributed by atoms with Crippen molar-refractivity contribution in [3.8, 4) is 0 Å². The van der Waals surface area contributed by atoms with Crippen LogP contribution in [0.2, 0.25) is 0 Å². The average molecular weight is 484 g/mol. The highest BCUT2D eigenvalue weighted by molar-refractivity contribution is 9.10. The van der Waals surface area contributed by atoms with Crippen LogP contribution < -0.4 is 0 Å². The SMILES string of the molecule is COC(=O)CC[C@@H]1N=C(c2ccccn2)c2cc(Br)ccc2N=C1CCC(O)C1CC1. The Morgan fingerprint density at radius 2 is 2.13 bits per heavy atom. The van der Waals surface area contributed by atoms with Crippen molar-refractivity contribution < 1.29 is 14.6 Å². The fourth-order valence-electron chi connectivity index (χ4n) is 3.85. The lowest BCUT2D eigenvalue weighted by molar-refractivity contribution is -0.140. The number of benzene rings is 1. The number of halogens is 1. The number of carbonyl (C=O) groups is 1. The minimum Gasteiger partial charge on any atom is -0.469 e. The monoisotopic (exact) mass is 483 g/mol. The van der Waals surface area contributed by atoms with Crippen LogP contribution in [0.4, 0.5) is 5.69 Å². The molecule has 4 rings (SSSR count). The molecule has 6 nitrogen and oxygen atoms in total. The van der Waals surface area contributed by atoms with E-state index in [0.717, 1.165) is 45.7 Å². The van der Waals surface area contributed by atoms with Crippen molar-refractivity contribution in [2.45, 2.75) is 50.7 Å². The summed E-state index contributed by atoms with van der Waals surface area (Å²) in [7, 11) is 1.40. The Hall–Kier alpha value is -2.38. The summed E-state index contributed by atoms with van der Waals surface area (Å²) in [4.78, 5) is 26.4. The second kappa shape index (κ2) is 9.83. The van der Waals surface area contributed by atoms with Crippen LogP contribution in [0, 0.1) is 5.92 Å². The second-order valence-electron chi connectivity index (χ2n) is 8.03. The van der Waals surface area contributed by atoms with Gasteiger partial charge in [-0.2, -0.15) is 0 Å². The van der Waals surface area contributed by atoms with E-state index in [4.69, 9.17) is 14.7 Å². The van der Waals surface area contributed by atoms with Crippen molar-refractivity contribution in [2.24, 2.45) is 15.9 Å². The summed E-state index contributed by atoms with van der Waals surface area (Å²) in [5, 5.41) is 10.4. The number of aliphatic hydroxyl groups is 1. The molecule has 2 aliphatic rings. The van der Waals surface area contributed by atoms with Crippen LogP contribution in [-0.2, 0) is 9.53 Å². The number of hydrogen-bond donors (Lipinski definition) is 1. The number of esters is 1. The Kier molecular flexibility index (Phi) is 6.92. The minimum atomic E-state index is -0.309. The molecule has 1 aliphatic carbocycles. The Morgan fingerprint density at radius 3 is 2.84 bits per heavy atom. The number of aliphatic imine (C=N–C) groups is 2. The summed E-state index contributed by atoms with van der Waals surface area (Å²) in [5.74, 6) is 0.146. The van der Waals surface area contributed by atoms with Crippen LogP contribution in [0.1, 0.15) is 49.8 Å². The third kappa shape index (κ3) is 5.46. The fraction of sp³-hybridized carbons (Fsp3) is 0.417. The molecule has 0 bridgehead atoms. The van der Waals surface area contributed by atoms with E-state index in [-0.39, 0.29) is 24.5 Å². The van der Waals surface area contributed by atoms with Crippen LogP contribution in [0.15, 0.2) is 57.1 Å². The summed E-state index contributed by atoms with van der Waals surface area (Å²) in [6.07, 6.45) is 5.67. The molecule has 7 heteroatoms. The first-order valence-corrected chi connectivity index (χ1v) is 11.5. The van der Waals surface area contributed by atoms with Crippen molar-refractivity contribution in [1.29, 1.82) is 0 Å². The highest BCUT2D eigenvalue weighted by atomic mass is 79.9. The number of rotatable bonds is 8. The molecule has 1 unspecified atom stereocenters. The van der Waals surface area contributed by atoms with Crippen molar-refractivity contribution in [3.05, 3.63) is 58.3 Å². The molecule has 2 aromatic rings. The third-order valence-corrected chi connectivity index (χ3v) is 6.26. The number of aromatic nitrogens is 1. The van der Waals surface area contributed by atoms with Crippen molar-refractivity contribution in [3.63, 3.8) is 0 Å². The van der Waals surface area contributed by atoms with Gasteiger partial charge in [0.1, 0.15) is 0 Å². The highest BCUT2D eigenvalue weighted by Gasteiger charge is 2.31. The van der Waals surface area contributed by atoms with Gasteiger partial charge in [0.15, 0.2) is 0 Å². The molecule has 1 fully saturated rings. The summed E-state index contributed by atoms with van der Waals surface area (Å²) < 4.78 is 5.78. The van der Waals surface area contributed by atoms with Gasteiger partial charge in [0.2, 0.25) is 0 Å². The zero-order valence-corrected chi connectivity index (χ0v) is 19.1. The van der Waals surface area contributed by atoms with E-state index in [2.05, 4.69) is 20.9 Å². The quantitative estimate of drug-likeness (QED) is 0.554.